The van der Waals surface area contributed by atoms with Gasteiger partial charge in [0.25, 0.3) is 11.8 Å². The van der Waals surface area contributed by atoms with Crippen LogP contribution >= 0.6 is 0 Å². The molecule has 1 atom stereocenters. The third kappa shape index (κ3) is 5.98. The molecule has 0 bridgehead atoms. The van der Waals surface area contributed by atoms with E-state index in [2.05, 4.69) is 20.7 Å². The van der Waals surface area contributed by atoms with Gasteiger partial charge in [0.2, 0.25) is 5.78 Å². The third-order valence-electron chi connectivity index (χ3n) is 6.28. The van der Waals surface area contributed by atoms with Gasteiger partial charge in [-0.25, -0.2) is 9.67 Å². The van der Waals surface area contributed by atoms with Crippen molar-refractivity contribution in [2.24, 2.45) is 5.92 Å². The van der Waals surface area contributed by atoms with E-state index in [1.165, 1.54) is 4.68 Å². The number of ketones is 1. The summed E-state index contributed by atoms with van der Waals surface area (Å²) in [7, 11) is 0. The van der Waals surface area contributed by atoms with Crippen molar-refractivity contribution in [2.75, 3.05) is 6.54 Å². The first kappa shape index (κ1) is 24.1. The van der Waals surface area contributed by atoms with Crippen molar-refractivity contribution in [2.45, 2.75) is 25.3 Å². The fourth-order valence-corrected chi connectivity index (χ4v) is 4.06. The molecule has 0 saturated heterocycles. The van der Waals surface area contributed by atoms with Gasteiger partial charge in [-0.05, 0) is 42.5 Å². The van der Waals surface area contributed by atoms with Crippen LogP contribution in [0, 0.1) is 5.92 Å². The zero-order valence-electron chi connectivity index (χ0n) is 20.2. The van der Waals surface area contributed by atoms with E-state index in [1.807, 2.05) is 66.7 Å². The number of hydrogen-bond acceptors (Lipinski definition) is 5. The lowest BCUT2D eigenvalue weighted by molar-refractivity contribution is -0.139. The molecule has 2 aromatic carbocycles. The molecule has 1 aliphatic rings. The number of nitrogens with zero attached hydrogens (tertiary/aromatic N) is 3. The van der Waals surface area contributed by atoms with Gasteiger partial charge in [0.1, 0.15) is 6.04 Å². The topological polar surface area (TPSA) is 106 Å². The van der Waals surface area contributed by atoms with E-state index in [1.54, 1.807) is 24.5 Å². The lowest BCUT2D eigenvalue weighted by Crippen LogP contribution is -2.49. The number of pyridine rings is 1. The van der Waals surface area contributed by atoms with Crippen molar-refractivity contribution in [3.05, 3.63) is 102 Å². The van der Waals surface area contributed by atoms with Gasteiger partial charge < -0.3 is 10.6 Å². The quantitative estimate of drug-likeness (QED) is 0.330. The van der Waals surface area contributed by atoms with Gasteiger partial charge in [0.15, 0.2) is 5.82 Å². The molecule has 2 N–H and O–H groups in total. The Morgan fingerprint density at radius 2 is 1.65 bits per heavy atom. The maximum atomic E-state index is 13.4. The molecule has 0 radical (unpaired) electrons. The Hall–Kier alpha value is -4.59. The van der Waals surface area contributed by atoms with E-state index in [0.29, 0.717) is 18.3 Å². The minimum atomic E-state index is -1.03. The van der Waals surface area contributed by atoms with Crippen LogP contribution in [0.1, 0.15) is 28.8 Å². The molecule has 0 aliphatic heterocycles. The number of carbonyl (C=O) groups excluding carboxylic acids is 3. The Labute approximate surface area is 214 Å². The molecule has 0 spiro atoms. The van der Waals surface area contributed by atoms with Gasteiger partial charge in [0.05, 0.1) is 11.3 Å². The standard InChI is InChI=1S/C29H27N5O3/c35-26(29(37)31-19-21-13-14-21)25(18-20-8-3-1-4-9-20)32-28(36)23-12-7-16-30-27(23)34-17-15-24(33-34)22-10-5-2-6-11-22/h1-12,15-17,21,25H,13-14,18-19H2,(H,31,37)(H,32,36)/t25-/m0/s1. The maximum absolute atomic E-state index is 13.4. The highest BCUT2D eigenvalue weighted by molar-refractivity contribution is 6.38. The average Bonchev–Trinajstić information content (AvgIpc) is 3.65. The summed E-state index contributed by atoms with van der Waals surface area (Å²) >= 11 is 0. The highest BCUT2D eigenvalue weighted by Crippen LogP contribution is 2.27. The smallest absolute Gasteiger partial charge is 0.289 e. The minimum absolute atomic E-state index is 0.192. The second-order valence-corrected chi connectivity index (χ2v) is 9.12. The van der Waals surface area contributed by atoms with Gasteiger partial charge in [-0.2, -0.15) is 5.10 Å². The first-order valence-electron chi connectivity index (χ1n) is 12.3. The Kier molecular flexibility index (Phi) is 7.16. The fourth-order valence-electron chi connectivity index (χ4n) is 4.06. The van der Waals surface area contributed by atoms with E-state index in [-0.39, 0.29) is 12.0 Å². The minimum Gasteiger partial charge on any atom is -0.349 e. The van der Waals surface area contributed by atoms with Crippen molar-refractivity contribution in [3.63, 3.8) is 0 Å². The van der Waals surface area contributed by atoms with Gasteiger partial charge >= 0.3 is 0 Å². The van der Waals surface area contributed by atoms with Crippen molar-refractivity contribution < 1.29 is 14.4 Å². The molecular formula is C29H27N5O3. The summed E-state index contributed by atoms with van der Waals surface area (Å²) in [6.07, 6.45) is 5.62. The maximum Gasteiger partial charge on any atom is 0.289 e. The highest BCUT2D eigenvalue weighted by atomic mass is 16.2. The largest absolute Gasteiger partial charge is 0.349 e. The van der Waals surface area contributed by atoms with Crippen LogP contribution in [0.15, 0.2) is 91.3 Å². The number of benzene rings is 2. The number of Topliss-reactive ketones (excluding diaryl/α,β-unsaturated/α-hetero) is 1. The molecule has 37 heavy (non-hydrogen) atoms. The normalized spacial score (nSPS) is 13.5. The van der Waals surface area contributed by atoms with Gasteiger partial charge in [-0.15, -0.1) is 0 Å². The second kappa shape index (κ2) is 11.0. The molecule has 2 aromatic heterocycles. The Bertz CT molecular complexity index is 1400. The van der Waals surface area contributed by atoms with Crippen LogP contribution in [0.3, 0.4) is 0 Å². The lowest BCUT2D eigenvalue weighted by Gasteiger charge is -2.18. The number of aromatic nitrogens is 3. The summed E-state index contributed by atoms with van der Waals surface area (Å²) < 4.78 is 1.54. The van der Waals surface area contributed by atoms with Crippen LogP contribution in [0.5, 0.6) is 0 Å². The third-order valence-corrected chi connectivity index (χ3v) is 6.28. The van der Waals surface area contributed by atoms with Crippen molar-refractivity contribution >= 4 is 17.6 Å². The molecule has 8 nitrogen and oxygen atoms in total. The lowest BCUT2D eigenvalue weighted by atomic mass is 10.0. The van der Waals surface area contributed by atoms with E-state index in [0.717, 1.165) is 29.7 Å². The Morgan fingerprint density at radius 1 is 0.919 bits per heavy atom. The van der Waals surface area contributed by atoms with Gasteiger partial charge in [-0.1, -0.05) is 60.7 Å². The monoisotopic (exact) mass is 493 g/mol. The molecule has 4 aromatic rings. The average molecular weight is 494 g/mol. The molecular weight excluding hydrogens is 466 g/mol. The molecule has 2 amide bonds. The molecule has 0 unspecified atom stereocenters. The van der Waals surface area contributed by atoms with Gasteiger partial charge in [0, 0.05) is 30.9 Å². The Morgan fingerprint density at radius 3 is 2.38 bits per heavy atom. The zero-order chi connectivity index (χ0) is 25.6. The van der Waals surface area contributed by atoms with Crippen LogP contribution in [-0.4, -0.2) is 44.9 Å². The van der Waals surface area contributed by atoms with Crippen molar-refractivity contribution in [1.82, 2.24) is 25.4 Å². The van der Waals surface area contributed by atoms with Gasteiger partial charge in [-0.3, -0.25) is 14.4 Å². The number of carbonyl (C=O) groups is 3. The Balaban J connectivity index is 1.38. The van der Waals surface area contributed by atoms with Crippen LogP contribution in [0.4, 0.5) is 0 Å². The molecule has 8 heteroatoms. The molecule has 5 rings (SSSR count). The number of amides is 2. The second-order valence-electron chi connectivity index (χ2n) is 9.12. The number of rotatable bonds is 10. The van der Waals surface area contributed by atoms with Crippen LogP contribution in [-0.2, 0) is 16.0 Å². The SMILES string of the molecule is O=C(NCC1CC1)C(=O)[C@H](Cc1ccccc1)NC(=O)c1cccnc1-n1ccc(-c2ccccc2)n1. The first-order valence-corrected chi connectivity index (χ1v) is 12.3. The number of nitrogens with one attached hydrogen (secondary N) is 2. The first-order chi connectivity index (χ1) is 18.1. The summed E-state index contributed by atoms with van der Waals surface area (Å²) in [5.41, 5.74) is 2.76. The summed E-state index contributed by atoms with van der Waals surface area (Å²) in [5, 5.41) is 10.1. The zero-order valence-corrected chi connectivity index (χ0v) is 20.2. The molecule has 1 aliphatic carbocycles. The number of hydrogen-bond donors (Lipinski definition) is 2. The fraction of sp³-hybridized carbons (Fsp3) is 0.207. The predicted octanol–water partition coefficient (Wildman–Crippen LogP) is 3.37. The summed E-state index contributed by atoms with van der Waals surface area (Å²) in [4.78, 5) is 43.5. The van der Waals surface area contributed by atoms with Crippen molar-refractivity contribution in [1.29, 1.82) is 0 Å². The molecule has 186 valence electrons. The summed E-state index contributed by atoms with van der Waals surface area (Å²) in [5.74, 6) is -1.10. The van der Waals surface area contributed by atoms with E-state index >= 15 is 0 Å². The summed E-state index contributed by atoms with van der Waals surface area (Å²) in [6, 6.07) is 23.1. The predicted molar refractivity (Wildman–Crippen MR) is 139 cm³/mol. The molecule has 1 fully saturated rings. The molecule has 1 saturated carbocycles. The highest BCUT2D eigenvalue weighted by Gasteiger charge is 2.30. The van der Waals surface area contributed by atoms with E-state index in [4.69, 9.17) is 0 Å². The summed E-state index contributed by atoms with van der Waals surface area (Å²) in [6.45, 7) is 0.479. The van der Waals surface area contributed by atoms with E-state index in [9.17, 15) is 14.4 Å². The van der Waals surface area contributed by atoms with Crippen LogP contribution < -0.4 is 10.6 Å². The van der Waals surface area contributed by atoms with Crippen LogP contribution in [0.2, 0.25) is 0 Å². The van der Waals surface area contributed by atoms with E-state index < -0.39 is 23.6 Å². The molecule has 2 heterocycles. The van der Waals surface area contributed by atoms with Crippen molar-refractivity contribution in [3.8, 4) is 17.1 Å². The van der Waals surface area contributed by atoms with Crippen LogP contribution in [0.25, 0.3) is 17.1 Å².